The minimum atomic E-state index is -0.101. The zero-order valence-corrected chi connectivity index (χ0v) is 10.6. The Labute approximate surface area is 102 Å². The summed E-state index contributed by atoms with van der Waals surface area (Å²) in [4.78, 5) is 13.7. The van der Waals surface area contributed by atoms with Gasteiger partial charge in [-0.15, -0.1) is 0 Å². The van der Waals surface area contributed by atoms with Gasteiger partial charge in [-0.3, -0.25) is 4.79 Å². The van der Waals surface area contributed by atoms with Gasteiger partial charge in [0, 0.05) is 38.5 Å². The van der Waals surface area contributed by atoms with Crippen LogP contribution in [0.3, 0.4) is 0 Å². The van der Waals surface area contributed by atoms with Crippen LogP contribution in [0.25, 0.3) is 0 Å². The van der Waals surface area contributed by atoms with E-state index in [4.69, 9.17) is 5.11 Å². The molecule has 0 saturated carbocycles. The third-order valence-corrected chi connectivity index (χ3v) is 2.57. The molecule has 4 nitrogen and oxygen atoms in total. The highest BCUT2D eigenvalue weighted by molar-refractivity contribution is 5.94. The first-order chi connectivity index (χ1) is 8.04. The number of anilines is 1. The van der Waals surface area contributed by atoms with Crippen LogP contribution in [-0.2, 0) is 0 Å². The van der Waals surface area contributed by atoms with Gasteiger partial charge in [0.05, 0.1) is 0 Å². The lowest BCUT2D eigenvalue weighted by Crippen LogP contribution is -2.29. The van der Waals surface area contributed by atoms with E-state index in [2.05, 4.69) is 5.32 Å². The number of benzene rings is 1. The molecule has 17 heavy (non-hydrogen) atoms. The Bertz CT molecular complexity index is 360. The van der Waals surface area contributed by atoms with Gasteiger partial charge in [-0.05, 0) is 30.2 Å². The summed E-state index contributed by atoms with van der Waals surface area (Å²) in [5, 5.41) is 11.6. The van der Waals surface area contributed by atoms with Gasteiger partial charge < -0.3 is 15.3 Å². The zero-order chi connectivity index (χ0) is 12.8. The Balaban J connectivity index is 2.58. The fraction of sp³-hybridized carbons (Fsp3) is 0.462. The van der Waals surface area contributed by atoms with Crippen LogP contribution < -0.4 is 10.2 Å². The molecule has 94 valence electrons. The van der Waals surface area contributed by atoms with E-state index in [0.29, 0.717) is 12.1 Å². The monoisotopic (exact) mass is 236 g/mol. The van der Waals surface area contributed by atoms with Crippen LogP contribution in [0, 0.1) is 5.92 Å². The van der Waals surface area contributed by atoms with Crippen molar-refractivity contribution in [3.05, 3.63) is 29.8 Å². The molecule has 1 unspecified atom stereocenters. The van der Waals surface area contributed by atoms with E-state index >= 15 is 0 Å². The number of aliphatic hydroxyl groups is 1. The van der Waals surface area contributed by atoms with Crippen molar-refractivity contribution < 1.29 is 9.90 Å². The Morgan fingerprint density at radius 2 is 1.94 bits per heavy atom. The molecular formula is C13H20N2O2. The first-order valence-electron chi connectivity index (χ1n) is 5.71. The second-order valence-corrected chi connectivity index (χ2v) is 4.44. The molecule has 0 aliphatic carbocycles. The summed E-state index contributed by atoms with van der Waals surface area (Å²) in [7, 11) is 3.91. The summed E-state index contributed by atoms with van der Waals surface area (Å²) in [6.45, 7) is 2.46. The van der Waals surface area contributed by atoms with Gasteiger partial charge in [-0.2, -0.15) is 0 Å². The molecule has 0 aliphatic heterocycles. The normalized spacial score (nSPS) is 12.0. The molecule has 1 aromatic rings. The number of carbonyl (C=O) groups excluding carboxylic acids is 1. The fourth-order valence-electron chi connectivity index (χ4n) is 1.34. The summed E-state index contributed by atoms with van der Waals surface area (Å²) in [6, 6.07) is 7.41. The van der Waals surface area contributed by atoms with Crippen molar-refractivity contribution in [3.8, 4) is 0 Å². The van der Waals surface area contributed by atoms with E-state index in [0.717, 1.165) is 5.69 Å². The van der Waals surface area contributed by atoms with Crippen LogP contribution in [0.2, 0.25) is 0 Å². The molecule has 0 aromatic heterocycles. The molecule has 1 aromatic carbocycles. The molecule has 2 N–H and O–H groups in total. The summed E-state index contributed by atoms with van der Waals surface area (Å²) in [6.07, 6.45) is 0. The second kappa shape index (κ2) is 6.25. The Hall–Kier alpha value is -1.55. The lowest BCUT2D eigenvalue weighted by atomic mass is 10.1. The highest BCUT2D eigenvalue weighted by Gasteiger charge is 2.07. The highest BCUT2D eigenvalue weighted by atomic mass is 16.3. The average Bonchev–Trinajstić information content (AvgIpc) is 2.35. The van der Waals surface area contributed by atoms with Gasteiger partial charge in [0.1, 0.15) is 0 Å². The maximum Gasteiger partial charge on any atom is 0.251 e. The third kappa shape index (κ3) is 4.07. The van der Waals surface area contributed by atoms with Crippen molar-refractivity contribution in [2.75, 3.05) is 32.1 Å². The van der Waals surface area contributed by atoms with Crippen molar-refractivity contribution in [2.45, 2.75) is 6.92 Å². The van der Waals surface area contributed by atoms with Crippen molar-refractivity contribution in [2.24, 2.45) is 5.92 Å². The molecule has 0 aliphatic rings. The number of aliphatic hydroxyl groups excluding tert-OH is 1. The Morgan fingerprint density at radius 3 is 2.41 bits per heavy atom. The number of rotatable bonds is 5. The third-order valence-electron chi connectivity index (χ3n) is 2.57. The van der Waals surface area contributed by atoms with Crippen molar-refractivity contribution in [1.82, 2.24) is 5.32 Å². The lowest BCUT2D eigenvalue weighted by Gasteiger charge is -2.13. The van der Waals surface area contributed by atoms with E-state index in [1.807, 2.05) is 38.1 Å². The molecule has 0 saturated heterocycles. The second-order valence-electron chi connectivity index (χ2n) is 4.44. The van der Waals surface area contributed by atoms with Gasteiger partial charge in [-0.1, -0.05) is 6.92 Å². The number of hydrogen-bond acceptors (Lipinski definition) is 3. The van der Waals surface area contributed by atoms with Crippen LogP contribution in [0.1, 0.15) is 17.3 Å². The predicted molar refractivity (Wildman–Crippen MR) is 69.4 cm³/mol. The molecule has 0 heterocycles. The summed E-state index contributed by atoms with van der Waals surface area (Å²) >= 11 is 0. The minimum Gasteiger partial charge on any atom is -0.396 e. The summed E-state index contributed by atoms with van der Waals surface area (Å²) in [5.74, 6) is -0.0180. The maximum atomic E-state index is 11.7. The zero-order valence-electron chi connectivity index (χ0n) is 10.6. The van der Waals surface area contributed by atoms with Crippen LogP contribution in [0.5, 0.6) is 0 Å². The molecular weight excluding hydrogens is 216 g/mol. The Kier molecular flexibility index (Phi) is 4.97. The first kappa shape index (κ1) is 13.5. The molecule has 0 spiro atoms. The van der Waals surface area contributed by atoms with Gasteiger partial charge >= 0.3 is 0 Å². The first-order valence-corrected chi connectivity index (χ1v) is 5.71. The lowest BCUT2D eigenvalue weighted by molar-refractivity contribution is 0.0942. The van der Waals surface area contributed by atoms with E-state index in [-0.39, 0.29) is 18.4 Å². The molecule has 0 bridgehead atoms. The van der Waals surface area contributed by atoms with Gasteiger partial charge in [0.2, 0.25) is 0 Å². The number of nitrogens with zero attached hydrogens (tertiary/aromatic N) is 1. The molecule has 0 radical (unpaired) electrons. The average molecular weight is 236 g/mol. The number of carbonyl (C=O) groups is 1. The molecule has 0 fully saturated rings. The maximum absolute atomic E-state index is 11.7. The van der Waals surface area contributed by atoms with E-state index < -0.39 is 0 Å². The quantitative estimate of drug-likeness (QED) is 0.805. The van der Waals surface area contributed by atoms with Crippen molar-refractivity contribution >= 4 is 11.6 Å². The topological polar surface area (TPSA) is 52.6 Å². The van der Waals surface area contributed by atoms with E-state index in [1.54, 1.807) is 12.1 Å². The van der Waals surface area contributed by atoms with Gasteiger partial charge in [-0.25, -0.2) is 0 Å². The van der Waals surface area contributed by atoms with Gasteiger partial charge in [0.25, 0.3) is 5.91 Å². The standard InChI is InChI=1S/C13H20N2O2/c1-10(9-16)8-14-13(17)11-4-6-12(7-5-11)15(2)3/h4-7,10,16H,8-9H2,1-3H3,(H,14,17). The van der Waals surface area contributed by atoms with Crippen molar-refractivity contribution in [1.29, 1.82) is 0 Å². The van der Waals surface area contributed by atoms with E-state index in [9.17, 15) is 4.79 Å². The summed E-state index contributed by atoms with van der Waals surface area (Å²) < 4.78 is 0. The largest absolute Gasteiger partial charge is 0.396 e. The fourth-order valence-corrected chi connectivity index (χ4v) is 1.34. The summed E-state index contributed by atoms with van der Waals surface area (Å²) in [5.41, 5.74) is 1.70. The smallest absolute Gasteiger partial charge is 0.251 e. The van der Waals surface area contributed by atoms with Crippen molar-refractivity contribution in [3.63, 3.8) is 0 Å². The Morgan fingerprint density at radius 1 is 1.35 bits per heavy atom. The predicted octanol–water partition coefficient (Wildman–Crippen LogP) is 1.11. The van der Waals surface area contributed by atoms with Crippen LogP contribution >= 0.6 is 0 Å². The molecule has 4 heteroatoms. The highest BCUT2D eigenvalue weighted by Crippen LogP contribution is 2.12. The number of amides is 1. The number of nitrogens with one attached hydrogen (secondary N) is 1. The molecule has 1 amide bonds. The van der Waals surface area contributed by atoms with Crippen LogP contribution in [-0.4, -0.2) is 38.3 Å². The molecule has 1 rings (SSSR count). The number of hydrogen-bond donors (Lipinski definition) is 2. The van der Waals surface area contributed by atoms with Crippen LogP contribution in [0.4, 0.5) is 5.69 Å². The SMILES string of the molecule is CC(CO)CNC(=O)c1ccc(N(C)C)cc1. The minimum absolute atomic E-state index is 0.0832. The molecule has 1 atom stereocenters. The van der Waals surface area contributed by atoms with Gasteiger partial charge in [0.15, 0.2) is 0 Å². The van der Waals surface area contributed by atoms with E-state index in [1.165, 1.54) is 0 Å². The van der Waals surface area contributed by atoms with Crippen LogP contribution in [0.15, 0.2) is 24.3 Å².